The van der Waals surface area contributed by atoms with Gasteiger partial charge in [-0.2, -0.15) is 10.5 Å². The molecule has 0 amide bonds. The second-order valence-corrected chi connectivity index (χ2v) is 11.0. The van der Waals surface area contributed by atoms with E-state index in [9.17, 15) is 25.5 Å². The van der Waals surface area contributed by atoms with Gasteiger partial charge in [0.15, 0.2) is 11.5 Å². The average molecular weight is 621 g/mol. The molecule has 0 fully saturated rings. The number of aromatic nitrogens is 1. The Morgan fingerprint density at radius 1 is 0.978 bits per heavy atom. The Balaban J connectivity index is 1.41. The summed E-state index contributed by atoms with van der Waals surface area (Å²) in [6, 6.07) is 20.7. The lowest BCUT2D eigenvalue weighted by Crippen LogP contribution is -2.52. The fourth-order valence-corrected chi connectivity index (χ4v) is 4.89. The SMILES string of the molecule is Cc1cc(CNC(C)(CO)C(=O)O)c(OCc2cncc(C#N)c2)cc1OCc1cccc(-c2ccc3c(c2)OCCO3)c1C#N. The summed E-state index contributed by atoms with van der Waals surface area (Å²) in [7, 11) is 0. The normalized spacial score (nSPS) is 13.2. The van der Waals surface area contributed by atoms with Crippen LogP contribution in [0.4, 0.5) is 0 Å². The molecule has 1 aliphatic heterocycles. The summed E-state index contributed by atoms with van der Waals surface area (Å²) < 4.78 is 23.8. The maximum Gasteiger partial charge on any atom is 0.326 e. The van der Waals surface area contributed by atoms with E-state index in [4.69, 9.17) is 18.9 Å². The number of carboxylic acids is 1. The van der Waals surface area contributed by atoms with E-state index in [1.807, 2.05) is 49.4 Å². The van der Waals surface area contributed by atoms with Crippen molar-refractivity contribution in [2.75, 3.05) is 19.8 Å². The highest BCUT2D eigenvalue weighted by Crippen LogP contribution is 2.37. The fourth-order valence-electron chi connectivity index (χ4n) is 4.89. The van der Waals surface area contributed by atoms with Crippen molar-refractivity contribution < 1.29 is 34.0 Å². The lowest BCUT2D eigenvalue weighted by Gasteiger charge is -2.25. The second-order valence-electron chi connectivity index (χ2n) is 11.0. The Bertz CT molecular complexity index is 1850. The number of carboxylic acid groups (broad SMARTS) is 1. The van der Waals surface area contributed by atoms with Crippen LogP contribution in [0.2, 0.25) is 0 Å². The zero-order valence-electron chi connectivity index (χ0n) is 25.4. The van der Waals surface area contributed by atoms with Crippen molar-refractivity contribution in [1.82, 2.24) is 10.3 Å². The van der Waals surface area contributed by atoms with Gasteiger partial charge in [0.05, 0.1) is 17.7 Å². The number of hydrogen-bond acceptors (Lipinski definition) is 10. The van der Waals surface area contributed by atoms with Gasteiger partial charge in [-0.05, 0) is 54.8 Å². The number of nitrogens with zero attached hydrogens (tertiary/aromatic N) is 3. The van der Waals surface area contributed by atoms with Crippen LogP contribution in [0.15, 0.2) is 67.0 Å². The van der Waals surface area contributed by atoms with Crippen molar-refractivity contribution in [2.45, 2.75) is 39.1 Å². The summed E-state index contributed by atoms with van der Waals surface area (Å²) in [6.07, 6.45) is 3.05. The molecule has 234 valence electrons. The Hall–Kier alpha value is -5.62. The van der Waals surface area contributed by atoms with Crippen molar-refractivity contribution >= 4 is 5.97 Å². The van der Waals surface area contributed by atoms with E-state index in [0.29, 0.717) is 64.0 Å². The molecule has 11 nitrogen and oxygen atoms in total. The molecule has 0 radical (unpaired) electrons. The second kappa shape index (κ2) is 14.0. The first-order valence-electron chi connectivity index (χ1n) is 14.5. The first kappa shape index (κ1) is 31.8. The van der Waals surface area contributed by atoms with E-state index in [2.05, 4.69) is 22.4 Å². The van der Waals surface area contributed by atoms with E-state index >= 15 is 0 Å². The standard InChI is InChI=1S/C35H32N4O7/c1-22-10-27(18-39-35(2,21-40)34(41)42)32(45-19-24-11-23(14-36)16-38-17-24)13-31(22)46-20-26-4-3-5-28(29(26)15-37)25-6-7-30-33(12-25)44-9-8-43-30/h3-7,10-13,16-17,39-40H,8-9,18-21H2,1-2H3,(H,41,42). The molecule has 1 aliphatic rings. The van der Waals surface area contributed by atoms with Gasteiger partial charge in [-0.25, -0.2) is 0 Å². The molecular weight excluding hydrogens is 588 g/mol. The number of nitrogens with one attached hydrogen (secondary N) is 1. The molecule has 0 bridgehead atoms. The monoisotopic (exact) mass is 620 g/mol. The quantitative estimate of drug-likeness (QED) is 0.202. The molecule has 1 aromatic heterocycles. The van der Waals surface area contributed by atoms with Gasteiger partial charge in [-0.3, -0.25) is 15.1 Å². The van der Waals surface area contributed by atoms with Crippen LogP contribution in [-0.4, -0.2) is 46.5 Å². The van der Waals surface area contributed by atoms with Crippen molar-refractivity contribution in [2.24, 2.45) is 0 Å². The molecule has 5 rings (SSSR count). The maximum atomic E-state index is 11.8. The lowest BCUT2D eigenvalue weighted by molar-refractivity contribution is -0.145. The number of ether oxygens (including phenoxy) is 4. The van der Waals surface area contributed by atoms with E-state index in [1.165, 1.54) is 13.1 Å². The van der Waals surface area contributed by atoms with Crippen molar-refractivity contribution in [3.63, 3.8) is 0 Å². The van der Waals surface area contributed by atoms with Crippen LogP contribution in [0.5, 0.6) is 23.0 Å². The summed E-state index contributed by atoms with van der Waals surface area (Å²) in [6.45, 7) is 3.83. The van der Waals surface area contributed by atoms with Crippen LogP contribution < -0.4 is 24.3 Å². The topological polar surface area (TPSA) is 167 Å². The number of nitriles is 2. The molecule has 0 saturated heterocycles. The predicted molar refractivity (Wildman–Crippen MR) is 166 cm³/mol. The van der Waals surface area contributed by atoms with Gasteiger partial charge in [0.2, 0.25) is 0 Å². The Labute approximate surface area is 266 Å². The first-order valence-corrected chi connectivity index (χ1v) is 14.5. The Kier molecular flexibility index (Phi) is 9.67. The molecule has 1 atom stereocenters. The molecule has 0 saturated carbocycles. The highest BCUT2D eigenvalue weighted by atomic mass is 16.6. The Morgan fingerprint density at radius 2 is 1.76 bits per heavy atom. The molecule has 2 heterocycles. The summed E-state index contributed by atoms with van der Waals surface area (Å²) in [5.74, 6) is 1.01. The molecule has 1 unspecified atom stereocenters. The molecule has 0 aliphatic carbocycles. The zero-order valence-corrected chi connectivity index (χ0v) is 25.4. The summed E-state index contributed by atoms with van der Waals surface area (Å²) >= 11 is 0. The number of pyridine rings is 1. The maximum absolute atomic E-state index is 11.8. The molecule has 11 heteroatoms. The summed E-state index contributed by atoms with van der Waals surface area (Å²) in [4.78, 5) is 15.8. The number of hydrogen-bond donors (Lipinski definition) is 3. The van der Waals surface area contributed by atoms with Gasteiger partial charge in [0.25, 0.3) is 0 Å². The van der Waals surface area contributed by atoms with Gasteiger partial charge in [-0.1, -0.05) is 24.3 Å². The molecule has 46 heavy (non-hydrogen) atoms. The molecule has 4 aromatic rings. The number of aliphatic hydroxyl groups excluding tert-OH is 1. The number of fused-ring (bicyclic) bond motifs is 1. The van der Waals surface area contributed by atoms with Crippen LogP contribution in [0.25, 0.3) is 11.1 Å². The van der Waals surface area contributed by atoms with E-state index in [1.54, 1.807) is 18.3 Å². The molecular formula is C35H32N4O7. The number of aliphatic carboxylic acids is 1. The highest BCUT2D eigenvalue weighted by molar-refractivity contribution is 5.78. The third kappa shape index (κ3) is 7.02. The van der Waals surface area contributed by atoms with Crippen LogP contribution in [0.1, 0.15) is 40.3 Å². The van der Waals surface area contributed by atoms with Crippen LogP contribution in [0.3, 0.4) is 0 Å². The summed E-state index contributed by atoms with van der Waals surface area (Å²) in [5.41, 5.74) is 3.58. The van der Waals surface area contributed by atoms with Gasteiger partial charge >= 0.3 is 5.97 Å². The zero-order chi connectivity index (χ0) is 32.7. The number of aryl methyl sites for hydroxylation is 1. The van der Waals surface area contributed by atoms with E-state index in [-0.39, 0.29) is 19.8 Å². The van der Waals surface area contributed by atoms with Crippen LogP contribution >= 0.6 is 0 Å². The number of rotatable bonds is 12. The van der Waals surface area contributed by atoms with Gasteiger partial charge in [0, 0.05) is 41.7 Å². The Morgan fingerprint density at radius 3 is 2.50 bits per heavy atom. The van der Waals surface area contributed by atoms with E-state index < -0.39 is 18.1 Å². The molecule has 3 aromatic carbocycles. The smallest absolute Gasteiger partial charge is 0.326 e. The van der Waals surface area contributed by atoms with Crippen LogP contribution in [-0.2, 0) is 24.6 Å². The minimum absolute atomic E-state index is 0.0758. The van der Waals surface area contributed by atoms with Gasteiger partial charge in [0.1, 0.15) is 55.6 Å². The predicted octanol–water partition coefficient (Wildman–Crippen LogP) is 4.65. The molecule has 0 spiro atoms. The summed E-state index contributed by atoms with van der Waals surface area (Å²) in [5, 5.41) is 41.6. The third-order valence-electron chi connectivity index (χ3n) is 7.63. The third-order valence-corrected chi connectivity index (χ3v) is 7.63. The number of benzene rings is 3. The minimum Gasteiger partial charge on any atom is -0.488 e. The van der Waals surface area contributed by atoms with Crippen molar-refractivity contribution in [1.29, 1.82) is 10.5 Å². The van der Waals surface area contributed by atoms with Crippen LogP contribution in [0, 0.1) is 29.6 Å². The van der Waals surface area contributed by atoms with Crippen molar-refractivity contribution in [3.8, 4) is 46.3 Å². The number of carbonyl (C=O) groups is 1. The van der Waals surface area contributed by atoms with E-state index in [0.717, 1.165) is 16.7 Å². The van der Waals surface area contributed by atoms with Gasteiger partial charge in [-0.15, -0.1) is 0 Å². The largest absolute Gasteiger partial charge is 0.488 e. The number of aliphatic hydroxyl groups is 1. The lowest BCUT2D eigenvalue weighted by atomic mass is 9.96. The van der Waals surface area contributed by atoms with Crippen molar-refractivity contribution in [3.05, 3.63) is 100 Å². The fraction of sp³-hybridized carbons (Fsp3) is 0.257. The minimum atomic E-state index is -1.57. The average Bonchev–Trinajstić information content (AvgIpc) is 3.09. The molecule has 3 N–H and O–H groups in total. The highest BCUT2D eigenvalue weighted by Gasteiger charge is 2.32. The van der Waals surface area contributed by atoms with Gasteiger partial charge < -0.3 is 29.2 Å². The first-order chi connectivity index (χ1) is 22.2.